The second-order valence-corrected chi connectivity index (χ2v) is 4.66. The van der Waals surface area contributed by atoms with E-state index in [1.165, 1.54) is 25.7 Å². The number of nitrogens with two attached hydrogens (primary N) is 1. The van der Waals surface area contributed by atoms with Crippen molar-refractivity contribution in [3.05, 3.63) is 0 Å². The van der Waals surface area contributed by atoms with Crippen LogP contribution in [-0.2, 0) is 4.74 Å². The van der Waals surface area contributed by atoms with Crippen LogP contribution in [0.1, 0.15) is 58.8 Å². The van der Waals surface area contributed by atoms with E-state index in [0.717, 1.165) is 25.9 Å². The van der Waals surface area contributed by atoms with Gasteiger partial charge in [0.2, 0.25) is 0 Å². The van der Waals surface area contributed by atoms with Gasteiger partial charge in [0.05, 0.1) is 6.10 Å². The SMILES string of the molecule is CCCCC(N)(CC)CC1CCCO1. The topological polar surface area (TPSA) is 35.2 Å². The average molecular weight is 199 g/mol. The van der Waals surface area contributed by atoms with Crippen molar-refractivity contribution in [3.63, 3.8) is 0 Å². The van der Waals surface area contributed by atoms with Crippen LogP contribution in [0.3, 0.4) is 0 Å². The predicted molar refractivity (Wildman–Crippen MR) is 60.3 cm³/mol. The van der Waals surface area contributed by atoms with E-state index in [-0.39, 0.29) is 5.54 Å². The summed E-state index contributed by atoms with van der Waals surface area (Å²) in [6.45, 7) is 5.37. The van der Waals surface area contributed by atoms with Crippen LogP contribution in [-0.4, -0.2) is 18.2 Å². The van der Waals surface area contributed by atoms with Crippen LogP contribution in [0.25, 0.3) is 0 Å². The first-order valence-electron chi connectivity index (χ1n) is 6.10. The fourth-order valence-corrected chi connectivity index (χ4v) is 2.21. The first-order chi connectivity index (χ1) is 6.70. The van der Waals surface area contributed by atoms with Crippen molar-refractivity contribution >= 4 is 0 Å². The third-order valence-corrected chi connectivity index (χ3v) is 3.39. The Bertz CT molecular complexity index is 154. The highest BCUT2D eigenvalue weighted by atomic mass is 16.5. The van der Waals surface area contributed by atoms with Gasteiger partial charge >= 0.3 is 0 Å². The van der Waals surface area contributed by atoms with E-state index in [0.29, 0.717) is 6.10 Å². The van der Waals surface area contributed by atoms with Gasteiger partial charge in [-0.1, -0.05) is 26.7 Å². The largest absolute Gasteiger partial charge is 0.378 e. The quantitative estimate of drug-likeness (QED) is 0.714. The number of ether oxygens (including phenoxy) is 1. The van der Waals surface area contributed by atoms with E-state index < -0.39 is 0 Å². The summed E-state index contributed by atoms with van der Waals surface area (Å²) in [6.07, 6.45) is 8.65. The van der Waals surface area contributed by atoms with Crippen molar-refractivity contribution < 1.29 is 4.74 Å². The fraction of sp³-hybridized carbons (Fsp3) is 1.00. The smallest absolute Gasteiger partial charge is 0.0593 e. The van der Waals surface area contributed by atoms with Crippen molar-refractivity contribution in [1.29, 1.82) is 0 Å². The minimum Gasteiger partial charge on any atom is -0.378 e. The molecule has 84 valence electrons. The molecule has 0 aliphatic carbocycles. The zero-order valence-electron chi connectivity index (χ0n) is 9.72. The maximum atomic E-state index is 6.38. The zero-order valence-corrected chi connectivity index (χ0v) is 9.72. The van der Waals surface area contributed by atoms with Gasteiger partial charge in [0, 0.05) is 12.1 Å². The predicted octanol–water partition coefficient (Wildman–Crippen LogP) is 2.85. The molecule has 0 aromatic rings. The van der Waals surface area contributed by atoms with Gasteiger partial charge in [0.1, 0.15) is 0 Å². The molecular formula is C12H25NO. The maximum Gasteiger partial charge on any atom is 0.0593 e. The Hall–Kier alpha value is -0.0800. The van der Waals surface area contributed by atoms with Crippen LogP contribution >= 0.6 is 0 Å². The Labute approximate surface area is 88.2 Å². The fourth-order valence-electron chi connectivity index (χ4n) is 2.21. The van der Waals surface area contributed by atoms with Gasteiger partial charge in [-0.2, -0.15) is 0 Å². The lowest BCUT2D eigenvalue weighted by Crippen LogP contribution is -2.42. The molecule has 2 unspecified atom stereocenters. The van der Waals surface area contributed by atoms with Gasteiger partial charge in [-0.05, 0) is 32.1 Å². The molecule has 0 bridgehead atoms. The highest BCUT2D eigenvalue weighted by molar-refractivity contribution is 4.86. The summed E-state index contributed by atoms with van der Waals surface area (Å²) in [5.41, 5.74) is 6.42. The summed E-state index contributed by atoms with van der Waals surface area (Å²) in [5.74, 6) is 0. The third-order valence-electron chi connectivity index (χ3n) is 3.39. The van der Waals surface area contributed by atoms with Gasteiger partial charge in [-0.25, -0.2) is 0 Å². The summed E-state index contributed by atoms with van der Waals surface area (Å²) < 4.78 is 5.65. The molecule has 1 saturated heterocycles. The molecule has 1 heterocycles. The molecule has 2 atom stereocenters. The Morgan fingerprint density at radius 1 is 1.43 bits per heavy atom. The number of unbranched alkanes of at least 4 members (excludes halogenated alkanes) is 1. The minimum absolute atomic E-state index is 0.0328. The van der Waals surface area contributed by atoms with Crippen molar-refractivity contribution in [1.82, 2.24) is 0 Å². The molecule has 0 amide bonds. The van der Waals surface area contributed by atoms with Crippen molar-refractivity contribution in [2.24, 2.45) is 5.73 Å². The molecule has 0 aromatic heterocycles. The first-order valence-corrected chi connectivity index (χ1v) is 6.10. The second-order valence-electron chi connectivity index (χ2n) is 4.66. The number of rotatable bonds is 6. The van der Waals surface area contributed by atoms with E-state index in [4.69, 9.17) is 10.5 Å². The monoisotopic (exact) mass is 199 g/mol. The summed E-state index contributed by atoms with van der Waals surface area (Å²) in [5, 5.41) is 0. The zero-order chi connectivity index (χ0) is 10.4. The molecule has 2 N–H and O–H groups in total. The van der Waals surface area contributed by atoms with E-state index >= 15 is 0 Å². The van der Waals surface area contributed by atoms with Crippen LogP contribution < -0.4 is 5.73 Å². The normalized spacial score (nSPS) is 26.4. The highest BCUT2D eigenvalue weighted by Gasteiger charge is 2.28. The standard InChI is InChI=1S/C12H25NO/c1-3-5-8-12(13,4-2)10-11-7-6-9-14-11/h11H,3-10,13H2,1-2H3. The molecule has 2 nitrogen and oxygen atoms in total. The van der Waals surface area contributed by atoms with Crippen LogP contribution in [0.5, 0.6) is 0 Å². The van der Waals surface area contributed by atoms with Crippen molar-refractivity contribution in [2.45, 2.75) is 70.4 Å². The van der Waals surface area contributed by atoms with E-state index in [9.17, 15) is 0 Å². The molecule has 1 rings (SSSR count). The molecule has 1 fully saturated rings. The van der Waals surface area contributed by atoms with Crippen molar-refractivity contribution in [2.75, 3.05) is 6.61 Å². The lowest BCUT2D eigenvalue weighted by molar-refractivity contribution is 0.0796. The second kappa shape index (κ2) is 5.72. The third kappa shape index (κ3) is 3.58. The van der Waals surface area contributed by atoms with Crippen LogP contribution in [0, 0.1) is 0 Å². The van der Waals surface area contributed by atoms with E-state index in [2.05, 4.69) is 13.8 Å². The summed E-state index contributed by atoms with van der Waals surface area (Å²) >= 11 is 0. The van der Waals surface area contributed by atoms with Crippen LogP contribution in [0.4, 0.5) is 0 Å². The van der Waals surface area contributed by atoms with E-state index in [1.807, 2.05) is 0 Å². The highest BCUT2D eigenvalue weighted by Crippen LogP contribution is 2.27. The van der Waals surface area contributed by atoms with Gasteiger partial charge in [0.25, 0.3) is 0 Å². The molecule has 1 aliphatic rings. The molecular weight excluding hydrogens is 174 g/mol. The van der Waals surface area contributed by atoms with Crippen molar-refractivity contribution in [3.8, 4) is 0 Å². The summed E-state index contributed by atoms with van der Waals surface area (Å²) in [6, 6.07) is 0. The molecule has 0 spiro atoms. The van der Waals surface area contributed by atoms with E-state index in [1.54, 1.807) is 0 Å². The molecule has 1 aliphatic heterocycles. The average Bonchev–Trinajstić information content (AvgIpc) is 2.67. The first kappa shape index (κ1) is 12.0. The molecule has 2 heteroatoms. The number of hydrogen-bond acceptors (Lipinski definition) is 2. The van der Waals surface area contributed by atoms with Gasteiger partial charge < -0.3 is 10.5 Å². The Morgan fingerprint density at radius 3 is 2.71 bits per heavy atom. The Balaban J connectivity index is 2.34. The van der Waals surface area contributed by atoms with Gasteiger partial charge in [0.15, 0.2) is 0 Å². The van der Waals surface area contributed by atoms with Crippen LogP contribution in [0.2, 0.25) is 0 Å². The molecule has 14 heavy (non-hydrogen) atoms. The van der Waals surface area contributed by atoms with Gasteiger partial charge in [-0.15, -0.1) is 0 Å². The summed E-state index contributed by atoms with van der Waals surface area (Å²) in [4.78, 5) is 0. The maximum absolute atomic E-state index is 6.38. The lowest BCUT2D eigenvalue weighted by atomic mass is 9.85. The Kier molecular flexibility index (Phi) is 4.90. The Morgan fingerprint density at radius 2 is 2.21 bits per heavy atom. The number of hydrogen-bond donors (Lipinski definition) is 1. The van der Waals surface area contributed by atoms with Crippen LogP contribution in [0.15, 0.2) is 0 Å². The molecule has 0 radical (unpaired) electrons. The molecule has 0 saturated carbocycles. The summed E-state index contributed by atoms with van der Waals surface area (Å²) in [7, 11) is 0. The van der Waals surface area contributed by atoms with Gasteiger partial charge in [-0.3, -0.25) is 0 Å². The molecule has 0 aromatic carbocycles. The minimum atomic E-state index is 0.0328. The lowest BCUT2D eigenvalue weighted by Gasteiger charge is -2.30.